The number of nitrogens with zero attached hydrogens (tertiary/aromatic N) is 1. The predicted molar refractivity (Wildman–Crippen MR) is 104 cm³/mol. The summed E-state index contributed by atoms with van der Waals surface area (Å²) >= 11 is 0. The third kappa shape index (κ3) is 4.97. The van der Waals surface area contributed by atoms with Gasteiger partial charge >= 0.3 is 0 Å². The molecule has 0 aromatic heterocycles. The molecule has 2 aromatic carbocycles. The second-order valence-corrected chi connectivity index (χ2v) is 8.72. The molecule has 0 saturated carbocycles. The number of benzene rings is 2. The van der Waals surface area contributed by atoms with Gasteiger partial charge in [0.15, 0.2) is 5.78 Å². The molecule has 0 spiro atoms. The minimum atomic E-state index is -3.55. The zero-order valence-electron chi connectivity index (χ0n) is 15.7. The lowest BCUT2D eigenvalue weighted by Crippen LogP contribution is -2.40. The highest BCUT2D eigenvalue weighted by Gasteiger charge is 2.30. The van der Waals surface area contributed by atoms with E-state index in [9.17, 15) is 26.8 Å². The molecule has 0 radical (unpaired) electrons. The van der Waals surface area contributed by atoms with Gasteiger partial charge in [0.2, 0.25) is 10.0 Å². The predicted octanol–water partition coefficient (Wildman–Crippen LogP) is 3.07. The third-order valence-corrected chi connectivity index (χ3v) is 5.39. The fourth-order valence-corrected chi connectivity index (χ4v) is 3.96. The summed E-state index contributed by atoms with van der Waals surface area (Å²) in [5.41, 5.74) is 0.108. The first kappa shape index (κ1) is 20.9. The van der Waals surface area contributed by atoms with Crippen molar-refractivity contribution in [2.75, 3.05) is 24.1 Å². The monoisotopic (exact) mass is 422 g/mol. The maximum atomic E-state index is 13.9. The number of para-hydroxylation sites is 1. The molecule has 0 aliphatic carbocycles. The zero-order valence-corrected chi connectivity index (χ0v) is 16.5. The van der Waals surface area contributed by atoms with Gasteiger partial charge in [-0.1, -0.05) is 12.1 Å². The number of rotatable bonds is 5. The Morgan fingerprint density at radius 1 is 1.03 bits per heavy atom. The third-order valence-electron chi connectivity index (χ3n) is 4.80. The van der Waals surface area contributed by atoms with Gasteiger partial charge in [-0.05, 0) is 43.2 Å². The Morgan fingerprint density at radius 3 is 2.34 bits per heavy atom. The van der Waals surface area contributed by atoms with E-state index in [1.807, 2.05) is 0 Å². The highest BCUT2D eigenvalue weighted by Crippen LogP contribution is 2.26. The highest BCUT2D eigenvalue weighted by molar-refractivity contribution is 7.92. The number of Topliss-reactive ketones (excluding diaryl/α,β-unsaturated/α-hetero) is 1. The van der Waals surface area contributed by atoms with Crippen LogP contribution in [-0.2, 0) is 10.0 Å². The molecule has 1 heterocycles. The van der Waals surface area contributed by atoms with Gasteiger partial charge in [0.25, 0.3) is 5.91 Å². The van der Waals surface area contributed by atoms with E-state index < -0.39 is 33.4 Å². The molecular formula is C20H20F2N2O4S. The number of sulfonamides is 1. The number of anilines is 1. The molecule has 1 aliphatic rings. The van der Waals surface area contributed by atoms with Gasteiger partial charge < -0.3 is 4.90 Å². The van der Waals surface area contributed by atoms with Crippen LogP contribution in [0.25, 0.3) is 0 Å². The summed E-state index contributed by atoms with van der Waals surface area (Å²) in [6.07, 6.45) is 1.61. The number of hydrogen-bond donors (Lipinski definition) is 1. The van der Waals surface area contributed by atoms with Crippen molar-refractivity contribution in [2.45, 2.75) is 12.8 Å². The molecule has 1 amide bonds. The molecule has 0 atom stereocenters. The highest BCUT2D eigenvalue weighted by atomic mass is 32.2. The van der Waals surface area contributed by atoms with Crippen LogP contribution in [0, 0.1) is 17.6 Å². The number of carbonyl (C=O) groups is 2. The first-order chi connectivity index (χ1) is 13.7. The number of likely N-dealkylation sites (tertiary alicyclic amines) is 1. The van der Waals surface area contributed by atoms with E-state index in [2.05, 4.69) is 4.72 Å². The molecule has 3 rings (SSSR count). The lowest BCUT2D eigenvalue weighted by atomic mass is 9.88. The summed E-state index contributed by atoms with van der Waals surface area (Å²) in [7, 11) is -3.55. The smallest absolute Gasteiger partial charge is 0.255 e. The number of ketones is 1. The van der Waals surface area contributed by atoms with Crippen LogP contribution in [0.15, 0.2) is 42.5 Å². The van der Waals surface area contributed by atoms with Crippen molar-refractivity contribution < 1.29 is 26.8 Å². The van der Waals surface area contributed by atoms with Crippen LogP contribution >= 0.6 is 0 Å². The molecule has 154 valence electrons. The summed E-state index contributed by atoms with van der Waals surface area (Å²) < 4.78 is 52.6. The van der Waals surface area contributed by atoms with Gasteiger partial charge in [-0.15, -0.1) is 0 Å². The average molecular weight is 422 g/mol. The molecule has 1 fully saturated rings. The van der Waals surface area contributed by atoms with Crippen LogP contribution < -0.4 is 4.72 Å². The van der Waals surface area contributed by atoms with Crippen molar-refractivity contribution in [3.8, 4) is 0 Å². The summed E-state index contributed by atoms with van der Waals surface area (Å²) in [6.45, 7) is 0.499. The van der Waals surface area contributed by atoms with Crippen LogP contribution in [0.5, 0.6) is 0 Å². The largest absolute Gasteiger partial charge is 0.339 e. The van der Waals surface area contributed by atoms with Crippen molar-refractivity contribution in [3.63, 3.8) is 0 Å². The van der Waals surface area contributed by atoms with Gasteiger partial charge in [-0.2, -0.15) is 0 Å². The Bertz CT molecular complexity index is 1050. The summed E-state index contributed by atoms with van der Waals surface area (Å²) in [5, 5.41) is 0. The van der Waals surface area contributed by atoms with E-state index in [0.717, 1.165) is 24.5 Å². The Hall–Kier alpha value is -2.81. The molecule has 2 aromatic rings. The number of nitrogens with one attached hydrogen (secondary N) is 1. The van der Waals surface area contributed by atoms with Gasteiger partial charge in [0.05, 0.1) is 23.1 Å². The average Bonchev–Trinajstić information content (AvgIpc) is 2.68. The van der Waals surface area contributed by atoms with E-state index in [-0.39, 0.29) is 35.8 Å². The molecular weight excluding hydrogens is 402 g/mol. The zero-order chi connectivity index (χ0) is 21.2. The Kier molecular flexibility index (Phi) is 5.97. The van der Waals surface area contributed by atoms with E-state index in [4.69, 9.17) is 0 Å². The van der Waals surface area contributed by atoms with Crippen LogP contribution in [0.1, 0.15) is 33.6 Å². The molecule has 29 heavy (non-hydrogen) atoms. The first-order valence-electron chi connectivity index (χ1n) is 9.01. The van der Waals surface area contributed by atoms with Crippen LogP contribution in [0.3, 0.4) is 0 Å². The standard InChI is InChI=1S/C20H20F2N2O4S/c1-29(27,28)23-18-5-3-2-4-15(18)20(26)24-10-8-13(9-11-24)19(25)16-12-14(21)6-7-17(16)22/h2-7,12-13,23H,8-11H2,1H3. The molecule has 1 saturated heterocycles. The van der Waals surface area contributed by atoms with Gasteiger partial charge in [0.1, 0.15) is 11.6 Å². The number of halogens is 2. The van der Waals surface area contributed by atoms with Crippen molar-refractivity contribution in [1.82, 2.24) is 4.90 Å². The number of carbonyl (C=O) groups excluding carboxylic acids is 2. The summed E-state index contributed by atoms with van der Waals surface area (Å²) in [6, 6.07) is 9.03. The fourth-order valence-electron chi connectivity index (χ4n) is 3.38. The molecule has 1 N–H and O–H groups in total. The summed E-state index contributed by atoms with van der Waals surface area (Å²) in [4.78, 5) is 26.9. The van der Waals surface area contributed by atoms with Gasteiger partial charge in [-0.25, -0.2) is 17.2 Å². The Morgan fingerprint density at radius 2 is 1.69 bits per heavy atom. The lowest BCUT2D eigenvalue weighted by molar-refractivity contribution is 0.0650. The van der Waals surface area contributed by atoms with E-state index >= 15 is 0 Å². The number of piperidine rings is 1. The van der Waals surface area contributed by atoms with Gasteiger partial charge in [0, 0.05) is 19.0 Å². The number of hydrogen-bond acceptors (Lipinski definition) is 4. The molecule has 9 heteroatoms. The van der Waals surface area contributed by atoms with Crippen LogP contribution in [-0.4, -0.2) is 44.4 Å². The Labute approximate surface area is 167 Å². The van der Waals surface area contributed by atoms with E-state index in [1.54, 1.807) is 12.1 Å². The van der Waals surface area contributed by atoms with Crippen molar-refractivity contribution in [1.29, 1.82) is 0 Å². The van der Waals surface area contributed by atoms with E-state index in [0.29, 0.717) is 12.8 Å². The molecule has 0 unspecified atom stereocenters. The topological polar surface area (TPSA) is 83.6 Å². The minimum absolute atomic E-state index is 0.181. The van der Waals surface area contributed by atoms with Crippen molar-refractivity contribution in [3.05, 3.63) is 65.2 Å². The maximum absolute atomic E-state index is 13.9. The second kappa shape index (κ2) is 8.28. The molecule has 0 bridgehead atoms. The number of amides is 1. The second-order valence-electron chi connectivity index (χ2n) is 6.97. The molecule has 1 aliphatic heterocycles. The molecule has 6 nitrogen and oxygen atoms in total. The fraction of sp³-hybridized carbons (Fsp3) is 0.300. The Balaban J connectivity index is 1.71. The first-order valence-corrected chi connectivity index (χ1v) is 10.9. The van der Waals surface area contributed by atoms with Crippen LogP contribution in [0.2, 0.25) is 0 Å². The van der Waals surface area contributed by atoms with Crippen molar-refractivity contribution >= 4 is 27.4 Å². The quantitative estimate of drug-likeness (QED) is 0.751. The summed E-state index contributed by atoms with van der Waals surface area (Å²) in [5.74, 6) is -2.81. The lowest BCUT2D eigenvalue weighted by Gasteiger charge is -2.32. The van der Waals surface area contributed by atoms with Gasteiger partial charge in [-0.3, -0.25) is 14.3 Å². The van der Waals surface area contributed by atoms with Crippen molar-refractivity contribution in [2.24, 2.45) is 5.92 Å². The SMILES string of the molecule is CS(=O)(=O)Nc1ccccc1C(=O)N1CCC(C(=O)c2cc(F)ccc2F)CC1. The normalized spacial score (nSPS) is 15.2. The maximum Gasteiger partial charge on any atom is 0.255 e. The minimum Gasteiger partial charge on any atom is -0.339 e. The van der Waals surface area contributed by atoms with E-state index in [1.165, 1.54) is 17.0 Å². The van der Waals surface area contributed by atoms with Crippen LogP contribution in [0.4, 0.5) is 14.5 Å².